The fourth-order valence-corrected chi connectivity index (χ4v) is 2.28. The summed E-state index contributed by atoms with van der Waals surface area (Å²) in [7, 11) is 0. The van der Waals surface area contributed by atoms with E-state index in [0.717, 1.165) is 16.8 Å². The second-order valence-corrected chi connectivity index (χ2v) is 5.09. The van der Waals surface area contributed by atoms with Gasteiger partial charge in [0, 0.05) is 11.3 Å². The predicted molar refractivity (Wildman–Crippen MR) is 90.6 cm³/mol. The van der Waals surface area contributed by atoms with Crippen LogP contribution in [0, 0.1) is 19.3 Å². The van der Waals surface area contributed by atoms with Gasteiger partial charge in [-0.3, -0.25) is 4.79 Å². The van der Waals surface area contributed by atoms with Gasteiger partial charge in [0.1, 0.15) is 5.69 Å². The maximum atomic E-state index is 12.6. The molecule has 0 aliphatic rings. The van der Waals surface area contributed by atoms with Gasteiger partial charge in [0.15, 0.2) is 0 Å². The quantitative estimate of drug-likeness (QED) is 0.754. The number of nitrogens with zero attached hydrogens (tertiary/aromatic N) is 2. The Morgan fingerprint density at radius 3 is 2.70 bits per heavy atom. The molecule has 0 saturated heterocycles. The maximum Gasteiger partial charge on any atom is 0.274 e. The first kappa shape index (κ1) is 14.6. The lowest BCUT2D eigenvalue weighted by molar-refractivity contribution is 0.101. The van der Waals surface area contributed by atoms with Gasteiger partial charge in [0.05, 0.1) is 11.9 Å². The number of rotatable bonds is 3. The van der Waals surface area contributed by atoms with E-state index in [0.29, 0.717) is 11.4 Å². The highest BCUT2D eigenvalue weighted by Crippen LogP contribution is 2.18. The molecule has 2 aromatic carbocycles. The normalized spacial score (nSPS) is 10.1. The molecule has 1 amide bonds. The Balaban J connectivity index is 1.91. The average Bonchev–Trinajstić information content (AvgIpc) is 3.07. The van der Waals surface area contributed by atoms with Crippen LogP contribution in [0.4, 0.5) is 5.69 Å². The highest BCUT2D eigenvalue weighted by atomic mass is 16.2. The largest absolute Gasteiger partial charge is 0.320 e. The number of aryl methyl sites for hydroxylation is 1. The number of terminal acetylenes is 1. The molecule has 1 heterocycles. The van der Waals surface area contributed by atoms with Crippen molar-refractivity contribution in [2.45, 2.75) is 6.92 Å². The Labute approximate surface area is 134 Å². The van der Waals surface area contributed by atoms with Gasteiger partial charge >= 0.3 is 0 Å². The number of hydrogen-bond acceptors (Lipinski definition) is 2. The van der Waals surface area contributed by atoms with Gasteiger partial charge in [-0.05, 0) is 42.8 Å². The molecule has 4 nitrogen and oxygen atoms in total. The number of para-hydroxylation sites is 1. The lowest BCUT2D eigenvalue weighted by atomic mass is 10.1. The van der Waals surface area contributed by atoms with Crippen LogP contribution in [0.15, 0.2) is 60.8 Å². The van der Waals surface area contributed by atoms with Gasteiger partial charge in [-0.15, -0.1) is 6.42 Å². The predicted octanol–water partition coefficient (Wildman–Crippen LogP) is 3.41. The molecule has 3 aromatic rings. The molecule has 0 radical (unpaired) electrons. The molecule has 3 rings (SSSR count). The van der Waals surface area contributed by atoms with E-state index in [1.54, 1.807) is 23.0 Å². The summed E-state index contributed by atoms with van der Waals surface area (Å²) in [5, 5.41) is 7.13. The summed E-state index contributed by atoms with van der Waals surface area (Å²) in [6.45, 7) is 1.92. The van der Waals surface area contributed by atoms with Crippen LogP contribution in [0.3, 0.4) is 0 Å². The summed E-state index contributed by atoms with van der Waals surface area (Å²) in [5.41, 5.74) is 3.66. The number of aromatic nitrogens is 2. The first-order valence-electron chi connectivity index (χ1n) is 7.17. The summed E-state index contributed by atoms with van der Waals surface area (Å²) < 4.78 is 1.61. The Hall–Kier alpha value is -3.32. The van der Waals surface area contributed by atoms with Crippen LogP contribution in [0.5, 0.6) is 0 Å². The third-order valence-corrected chi connectivity index (χ3v) is 3.53. The highest BCUT2D eigenvalue weighted by molar-refractivity contribution is 6.03. The molecule has 4 heteroatoms. The molecule has 23 heavy (non-hydrogen) atoms. The smallest absolute Gasteiger partial charge is 0.274 e. The van der Waals surface area contributed by atoms with E-state index in [9.17, 15) is 4.79 Å². The van der Waals surface area contributed by atoms with E-state index >= 15 is 0 Å². The summed E-state index contributed by atoms with van der Waals surface area (Å²) >= 11 is 0. The van der Waals surface area contributed by atoms with E-state index in [-0.39, 0.29) is 5.91 Å². The Bertz CT molecular complexity index is 888. The van der Waals surface area contributed by atoms with Crippen molar-refractivity contribution in [3.8, 4) is 18.0 Å². The minimum atomic E-state index is -0.233. The molecule has 0 unspecified atom stereocenters. The van der Waals surface area contributed by atoms with Crippen molar-refractivity contribution in [1.29, 1.82) is 0 Å². The number of benzene rings is 2. The molecule has 112 valence electrons. The van der Waals surface area contributed by atoms with Crippen molar-refractivity contribution >= 4 is 11.6 Å². The van der Waals surface area contributed by atoms with Gasteiger partial charge in [-0.25, -0.2) is 4.68 Å². The van der Waals surface area contributed by atoms with Crippen LogP contribution in [0.25, 0.3) is 5.69 Å². The second kappa shape index (κ2) is 6.20. The van der Waals surface area contributed by atoms with Crippen molar-refractivity contribution in [2.24, 2.45) is 0 Å². The molecule has 0 saturated carbocycles. The van der Waals surface area contributed by atoms with Crippen molar-refractivity contribution in [2.75, 3.05) is 5.32 Å². The molecular weight excluding hydrogens is 286 g/mol. The van der Waals surface area contributed by atoms with Gasteiger partial charge in [-0.2, -0.15) is 5.10 Å². The minimum Gasteiger partial charge on any atom is -0.320 e. The van der Waals surface area contributed by atoms with E-state index in [4.69, 9.17) is 6.42 Å². The van der Waals surface area contributed by atoms with Crippen LogP contribution in [-0.2, 0) is 0 Å². The van der Waals surface area contributed by atoms with Crippen LogP contribution >= 0.6 is 0 Å². The molecule has 0 bridgehead atoms. The number of amides is 1. The number of carbonyl (C=O) groups is 1. The zero-order chi connectivity index (χ0) is 16.2. The second-order valence-electron chi connectivity index (χ2n) is 5.09. The van der Waals surface area contributed by atoms with E-state index in [1.807, 2.05) is 49.4 Å². The fraction of sp³-hybridized carbons (Fsp3) is 0.0526. The molecule has 1 aromatic heterocycles. The van der Waals surface area contributed by atoms with E-state index in [1.165, 1.54) is 0 Å². The lowest BCUT2D eigenvalue weighted by Gasteiger charge is -2.10. The number of carbonyl (C=O) groups excluding carboxylic acids is 1. The van der Waals surface area contributed by atoms with Crippen LogP contribution in [0.1, 0.15) is 21.6 Å². The molecule has 0 fully saturated rings. The summed E-state index contributed by atoms with van der Waals surface area (Å²) in [4.78, 5) is 12.6. The maximum absolute atomic E-state index is 12.6. The monoisotopic (exact) mass is 301 g/mol. The van der Waals surface area contributed by atoms with Gasteiger partial charge in [0.25, 0.3) is 5.91 Å². The zero-order valence-corrected chi connectivity index (χ0v) is 12.7. The highest BCUT2D eigenvalue weighted by Gasteiger charge is 2.14. The fourth-order valence-electron chi connectivity index (χ4n) is 2.28. The topological polar surface area (TPSA) is 46.9 Å². The third kappa shape index (κ3) is 2.99. The van der Waals surface area contributed by atoms with Crippen molar-refractivity contribution < 1.29 is 4.79 Å². The van der Waals surface area contributed by atoms with Crippen molar-refractivity contribution in [1.82, 2.24) is 9.78 Å². The lowest BCUT2D eigenvalue weighted by Crippen LogP contribution is -2.17. The Kier molecular flexibility index (Phi) is 3.94. The molecule has 0 atom stereocenters. The molecule has 0 aliphatic carbocycles. The summed E-state index contributed by atoms with van der Waals surface area (Å²) in [6.07, 6.45) is 7.02. The number of hydrogen-bond donors (Lipinski definition) is 1. The number of nitrogens with one attached hydrogen (secondary N) is 1. The van der Waals surface area contributed by atoms with Crippen molar-refractivity contribution in [3.05, 3.63) is 77.6 Å². The summed E-state index contributed by atoms with van der Waals surface area (Å²) in [6, 6.07) is 16.7. The molecule has 1 N–H and O–H groups in total. The average molecular weight is 301 g/mol. The molecular formula is C19H15N3O. The molecule has 0 aliphatic heterocycles. The third-order valence-electron chi connectivity index (χ3n) is 3.53. The van der Waals surface area contributed by atoms with Crippen LogP contribution in [-0.4, -0.2) is 15.7 Å². The van der Waals surface area contributed by atoms with Gasteiger partial charge < -0.3 is 5.32 Å². The Morgan fingerprint density at radius 1 is 1.17 bits per heavy atom. The summed E-state index contributed by atoms with van der Waals surface area (Å²) in [5.74, 6) is 2.34. The number of anilines is 1. The van der Waals surface area contributed by atoms with Crippen LogP contribution in [0.2, 0.25) is 0 Å². The SMILES string of the molecule is C#Cc1ccc(C)c(NC(=O)c2ccnn2-c2ccccc2)c1. The van der Waals surface area contributed by atoms with Gasteiger partial charge in [-0.1, -0.05) is 30.2 Å². The van der Waals surface area contributed by atoms with Crippen molar-refractivity contribution in [3.63, 3.8) is 0 Å². The Morgan fingerprint density at radius 2 is 1.96 bits per heavy atom. The first-order chi connectivity index (χ1) is 11.2. The van der Waals surface area contributed by atoms with E-state index < -0.39 is 0 Å². The van der Waals surface area contributed by atoms with Gasteiger partial charge in [0.2, 0.25) is 0 Å². The zero-order valence-electron chi connectivity index (χ0n) is 12.7. The van der Waals surface area contributed by atoms with E-state index in [2.05, 4.69) is 16.3 Å². The molecule has 0 spiro atoms. The first-order valence-corrected chi connectivity index (χ1v) is 7.17. The minimum absolute atomic E-state index is 0.233. The standard InChI is InChI=1S/C19H15N3O/c1-3-15-10-9-14(2)17(13-15)21-19(23)18-11-12-20-22(18)16-7-5-4-6-8-16/h1,4-13H,2H3,(H,21,23). The van der Waals surface area contributed by atoms with Crippen LogP contribution < -0.4 is 5.32 Å².